The third kappa shape index (κ3) is 6.87. The van der Waals surface area contributed by atoms with Gasteiger partial charge in [-0.25, -0.2) is 4.79 Å². The van der Waals surface area contributed by atoms with Crippen molar-refractivity contribution in [1.29, 1.82) is 0 Å². The van der Waals surface area contributed by atoms with E-state index in [0.717, 1.165) is 12.8 Å². The average Bonchev–Trinajstić information content (AvgIpc) is 2.67. The first-order valence-electron chi connectivity index (χ1n) is 9.94. The van der Waals surface area contributed by atoms with Crippen molar-refractivity contribution in [3.63, 3.8) is 0 Å². The molecule has 28 heavy (non-hydrogen) atoms. The molecule has 0 aliphatic carbocycles. The number of carbonyl (C=O) groups is 3. The van der Waals surface area contributed by atoms with E-state index in [9.17, 15) is 19.5 Å². The smallest absolute Gasteiger partial charge is 0.317 e. The van der Waals surface area contributed by atoms with Gasteiger partial charge in [-0.15, -0.1) is 0 Å². The van der Waals surface area contributed by atoms with Crippen LogP contribution < -0.4 is 10.6 Å². The quantitative estimate of drug-likeness (QED) is 0.636. The highest BCUT2D eigenvalue weighted by Gasteiger charge is 2.26. The molecular formula is C21H31N3O4. The number of carboxylic acid groups (broad SMARTS) is 1. The Morgan fingerprint density at radius 3 is 2.50 bits per heavy atom. The van der Waals surface area contributed by atoms with Crippen molar-refractivity contribution < 1.29 is 19.5 Å². The summed E-state index contributed by atoms with van der Waals surface area (Å²) in [4.78, 5) is 37.9. The van der Waals surface area contributed by atoms with Gasteiger partial charge in [-0.3, -0.25) is 9.59 Å². The lowest BCUT2D eigenvalue weighted by molar-refractivity contribution is -0.138. The number of hydrogen-bond donors (Lipinski definition) is 3. The van der Waals surface area contributed by atoms with Crippen molar-refractivity contribution in [2.45, 2.75) is 39.0 Å². The lowest BCUT2D eigenvalue weighted by Gasteiger charge is -2.32. The standard InChI is InChI=1S/C21H31N3O4/c1-15(2)12-23-21(28)24-10-6-7-16(14-24)11-19(25)22-13-18(20(26)27)17-8-4-3-5-9-17/h3-5,8-9,15-16,18H,6-7,10-14H2,1-2H3,(H,22,25)(H,23,28)(H,26,27). The monoisotopic (exact) mass is 389 g/mol. The summed E-state index contributed by atoms with van der Waals surface area (Å²) in [7, 11) is 0. The van der Waals surface area contributed by atoms with Crippen molar-refractivity contribution >= 4 is 17.9 Å². The summed E-state index contributed by atoms with van der Waals surface area (Å²) in [6, 6.07) is 8.82. The SMILES string of the molecule is CC(C)CNC(=O)N1CCCC(CC(=O)NCC(C(=O)O)c2ccccc2)C1. The van der Waals surface area contributed by atoms with Gasteiger partial charge >= 0.3 is 12.0 Å². The van der Waals surface area contributed by atoms with Crippen LogP contribution in [0, 0.1) is 11.8 Å². The number of amides is 3. The number of hydrogen-bond acceptors (Lipinski definition) is 3. The molecule has 2 rings (SSSR count). The number of rotatable bonds is 8. The van der Waals surface area contributed by atoms with Gasteiger partial charge in [-0.2, -0.15) is 0 Å². The van der Waals surface area contributed by atoms with Crippen molar-refractivity contribution in [3.8, 4) is 0 Å². The van der Waals surface area contributed by atoms with Gasteiger partial charge in [0.2, 0.25) is 5.91 Å². The zero-order valence-corrected chi connectivity index (χ0v) is 16.7. The Bertz CT molecular complexity index is 663. The highest BCUT2D eigenvalue weighted by Crippen LogP contribution is 2.20. The fourth-order valence-electron chi connectivity index (χ4n) is 3.40. The number of carbonyl (C=O) groups excluding carboxylic acids is 2. The molecule has 0 radical (unpaired) electrons. The predicted octanol–water partition coefficient (Wildman–Crippen LogP) is 2.44. The van der Waals surface area contributed by atoms with Gasteiger partial charge in [0, 0.05) is 32.6 Å². The van der Waals surface area contributed by atoms with Gasteiger partial charge in [0.15, 0.2) is 0 Å². The highest BCUT2D eigenvalue weighted by atomic mass is 16.4. The summed E-state index contributed by atoms with van der Waals surface area (Å²) in [5.74, 6) is -1.41. The minimum atomic E-state index is -0.961. The summed E-state index contributed by atoms with van der Waals surface area (Å²) < 4.78 is 0. The Kier molecular flexibility index (Phi) is 8.29. The number of urea groups is 1. The molecule has 3 amide bonds. The Balaban J connectivity index is 1.81. The Hall–Kier alpha value is -2.57. The Morgan fingerprint density at radius 2 is 1.86 bits per heavy atom. The van der Waals surface area contributed by atoms with Crippen LogP contribution in [0.25, 0.3) is 0 Å². The van der Waals surface area contributed by atoms with Gasteiger partial charge < -0.3 is 20.6 Å². The van der Waals surface area contributed by atoms with Crippen LogP contribution in [0.2, 0.25) is 0 Å². The van der Waals surface area contributed by atoms with E-state index in [1.165, 1.54) is 0 Å². The maximum atomic E-state index is 12.3. The third-order valence-corrected chi connectivity index (χ3v) is 4.95. The molecule has 1 aromatic carbocycles. The van der Waals surface area contributed by atoms with E-state index >= 15 is 0 Å². The van der Waals surface area contributed by atoms with Crippen LogP contribution in [0.1, 0.15) is 44.6 Å². The van der Waals surface area contributed by atoms with Crippen LogP contribution >= 0.6 is 0 Å². The molecule has 0 saturated carbocycles. The molecule has 3 N–H and O–H groups in total. The highest BCUT2D eigenvalue weighted by molar-refractivity contribution is 5.80. The number of piperidine rings is 1. The lowest BCUT2D eigenvalue weighted by Crippen LogP contribution is -2.47. The van der Waals surface area contributed by atoms with Crippen LogP contribution in [-0.4, -0.2) is 54.1 Å². The Labute approximate surface area is 166 Å². The second-order valence-electron chi connectivity index (χ2n) is 7.84. The van der Waals surface area contributed by atoms with Crippen molar-refractivity contribution in [2.24, 2.45) is 11.8 Å². The zero-order chi connectivity index (χ0) is 20.5. The van der Waals surface area contributed by atoms with Gasteiger partial charge in [-0.05, 0) is 30.2 Å². The molecule has 1 aromatic rings. The molecule has 1 saturated heterocycles. The molecule has 1 heterocycles. The number of carboxylic acids is 1. The molecule has 0 bridgehead atoms. The first kappa shape index (κ1) is 21.7. The second kappa shape index (κ2) is 10.7. The van der Waals surface area contributed by atoms with E-state index in [-0.39, 0.29) is 24.4 Å². The normalized spacial score (nSPS) is 17.8. The van der Waals surface area contributed by atoms with Crippen LogP contribution in [0.5, 0.6) is 0 Å². The number of nitrogens with zero attached hydrogens (tertiary/aromatic N) is 1. The van der Waals surface area contributed by atoms with Crippen molar-refractivity contribution in [3.05, 3.63) is 35.9 Å². The molecule has 0 spiro atoms. The van der Waals surface area contributed by atoms with Crippen LogP contribution in [0.15, 0.2) is 30.3 Å². The lowest BCUT2D eigenvalue weighted by atomic mass is 9.94. The van der Waals surface area contributed by atoms with E-state index in [1.54, 1.807) is 29.2 Å². The fraction of sp³-hybridized carbons (Fsp3) is 0.571. The maximum absolute atomic E-state index is 12.3. The Morgan fingerprint density at radius 1 is 1.14 bits per heavy atom. The predicted molar refractivity (Wildman–Crippen MR) is 107 cm³/mol. The summed E-state index contributed by atoms with van der Waals surface area (Å²) in [6.45, 7) is 6.04. The van der Waals surface area contributed by atoms with E-state index in [2.05, 4.69) is 10.6 Å². The maximum Gasteiger partial charge on any atom is 0.317 e. The van der Waals surface area contributed by atoms with Gasteiger partial charge in [0.05, 0.1) is 5.92 Å². The largest absolute Gasteiger partial charge is 0.481 e. The second-order valence-corrected chi connectivity index (χ2v) is 7.84. The first-order valence-corrected chi connectivity index (χ1v) is 9.94. The molecule has 7 nitrogen and oxygen atoms in total. The number of likely N-dealkylation sites (tertiary alicyclic amines) is 1. The van der Waals surface area contributed by atoms with Crippen LogP contribution in [0.3, 0.4) is 0 Å². The minimum absolute atomic E-state index is 0.0590. The molecule has 1 fully saturated rings. The van der Waals surface area contributed by atoms with E-state index < -0.39 is 11.9 Å². The third-order valence-electron chi connectivity index (χ3n) is 4.95. The molecule has 2 unspecified atom stereocenters. The summed E-state index contributed by atoms with van der Waals surface area (Å²) in [5, 5.41) is 15.1. The topological polar surface area (TPSA) is 98.7 Å². The molecule has 1 aliphatic heterocycles. The summed E-state index contributed by atoms with van der Waals surface area (Å²) >= 11 is 0. The molecular weight excluding hydrogens is 358 g/mol. The van der Waals surface area contributed by atoms with E-state index in [0.29, 0.717) is 37.5 Å². The molecule has 2 atom stereocenters. The van der Waals surface area contributed by atoms with Gasteiger partial charge in [0.1, 0.15) is 0 Å². The number of nitrogens with one attached hydrogen (secondary N) is 2. The fourth-order valence-corrected chi connectivity index (χ4v) is 3.40. The summed E-state index contributed by atoms with van der Waals surface area (Å²) in [5.41, 5.74) is 0.668. The van der Waals surface area contributed by atoms with Crippen molar-refractivity contribution in [2.75, 3.05) is 26.2 Å². The van der Waals surface area contributed by atoms with E-state index in [1.807, 2.05) is 19.9 Å². The summed E-state index contributed by atoms with van der Waals surface area (Å²) in [6.07, 6.45) is 2.06. The zero-order valence-electron chi connectivity index (χ0n) is 16.7. The van der Waals surface area contributed by atoms with Crippen molar-refractivity contribution in [1.82, 2.24) is 15.5 Å². The number of benzene rings is 1. The molecule has 1 aliphatic rings. The van der Waals surface area contributed by atoms with Gasteiger partial charge in [-0.1, -0.05) is 44.2 Å². The van der Waals surface area contributed by atoms with Crippen LogP contribution in [0.4, 0.5) is 4.79 Å². The molecule has 7 heteroatoms. The minimum Gasteiger partial charge on any atom is -0.481 e. The van der Waals surface area contributed by atoms with Crippen LogP contribution in [-0.2, 0) is 9.59 Å². The molecule has 0 aromatic heterocycles. The average molecular weight is 389 g/mol. The van der Waals surface area contributed by atoms with Gasteiger partial charge in [0.25, 0.3) is 0 Å². The molecule has 154 valence electrons. The number of aliphatic carboxylic acids is 1. The first-order chi connectivity index (χ1) is 13.4. The van der Waals surface area contributed by atoms with E-state index in [4.69, 9.17) is 0 Å².